The van der Waals surface area contributed by atoms with Crippen molar-refractivity contribution in [3.05, 3.63) is 24.0 Å². The van der Waals surface area contributed by atoms with Crippen molar-refractivity contribution in [1.29, 1.82) is 5.41 Å². The molecule has 4 unspecified atom stereocenters. The van der Waals surface area contributed by atoms with Crippen LogP contribution >= 0.6 is 12.6 Å². The third-order valence-corrected chi connectivity index (χ3v) is 7.28. The van der Waals surface area contributed by atoms with Gasteiger partial charge < -0.3 is 20.4 Å². The van der Waals surface area contributed by atoms with Gasteiger partial charge in [-0.15, -0.1) is 0 Å². The minimum absolute atomic E-state index is 0.0364. The number of hydrogen-bond acceptors (Lipinski definition) is 7. The number of halogens is 1. The van der Waals surface area contributed by atoms with Gasteiger partial charge in [0.2, 0.25) is 0 Å². The molecule has 1 aromatic rings. The molecule has 33 heavy (non-hydrogen) atoms. The molecule has 8 heteroatoms. The molecule has 1 aromatic carbocycles. The number of piperidine rings is 1. The van der Waals surface area contributed by atoms with E-state index in [4.69, 9.17) is 10.1 Å². The summed E-state index contributed by atoms with van der Waals surface area (Å²) in [5.74, 6) is 2.10. The molecule has 6 nitrogen and oxygen atoms in total. The van der Waals surface area contributed by atoms with E-state index >= 15 is 0 Å². The van der Waals surface area contributed by atoms with Crippen LogP contribution in [0.5, 0.6) is 5.75 Å². The predicted octanol–water partition coefficient (Wildman–Crippen LogP) is 5.36. The van der Waals surface area contributed by atoms with Crippen molar-refractivity contribution >= 4 is 36.7 Å². The lowest BCUT2D eigenvalue weighted by molar-refractivity contribution is 0.0879. The van der Waals surface area contributed by atoms with Crippen LogP contribution in [-0.2, 0) is 0 Å². The van der Waals surface area contributed by atoms with E-state index in [1.165, 1.54) is 18.5 Å². The fourth-order valence-corrected chi connectivity index (χ4v) is 5.16. The van der Waals surface area contributed by atoms with Gasteiger partial charge in [-0.05, 0) is 48.9 Å². The van der Waals surface area contributed by atoms with Crippen molar-refractivity contribution in [2.75, 3.05) is 25.0 Å². The second-order valence-corrected chi connectivity index (χ2v) is 10.1. The van der Waals surface area contributed by atoms with Crippen LogP contribution in [0, 0.1) is 34.9 Å². The van der Waals surface area contributed by atoms with Crippen LogP contribution in [-0.4, -0.2) is 54.4 Å². The third-order valence-electron chi connectivity index (χ3n) is 6.83. The van der Waals surface area contributed by atoms with E-state index < -0.39 is 0 Å². The number of nitrogens with one attached hydrogen (secondary N) is 2. The molecule has 182 valence electrons. The number of anilines is 1. The van der Waals surface area contributed by atoms with E-state index in [2.05, 4.69) is 60.5 Å². The number of hydrogen-bond donors (Lipinski definition) is 3. The van der Waals surface area contributed by atoms with Crippen LogP contribution in [0.25, 0.3) is 0 Å². The third kappa shape index (κ3) is 6.79. The summed E-state index contributed by atoms with van der Waals surface area (Å²) in [5.41, 5.74) is 0.713. The van der Waals surface area contributed by atoms with Crippen LogP contribution in [0.15, 0.2) is 28.2 Å². The Balaban J connectivity index is 1.64. The van der Waals surface area contributed by atoms with Gasteiger partial charge in [-0.25, -0.2) is 9.38 Å². The topological polar surface area (TPSA) is 73.1 Å². The second kappa shape index (κ2) is 12.0. The molecule has 2 aliphatic heterocycles. The van der Waals surface area contributed by atoms with Crippen LogP contribution in [0.2, 0.25) is 0 Å². The summed E-state index contributed by atoms with van der Waals surface area (Å²) in [7, 11) is 0. The first-order valence-electron chi connectivity index (χ1n) is 12.1. The summed E-state index contributed by atoms with van der Waals surface area (Å²) in [5, 5.41) is 10.8. The molecule has 4 atom stereocenters. The van der Waals surface area contributed by atoms with Gasteiger partial charge in [0.1, 0.15) is 35.2 Å². The highest BCUT2D eigenvalue weighted by Gasteiger charge is 2.30. The van der Waals surface area contributed by atoms with Crippen molar-refractivity contribution in [1.82, 2.24) is 4.90 Å². The van der Waals surface area contributed by atoms with Gasteiger partial charge >= 0.3 is 0 Å². The average Bonchev–Trinajstić information content (AvgIpc) is 2.79. The predicted molar refractivity (Wildman–Crippen MR) is 139 cm³/mol. The summed E-state index contributed by atoms with van der Waals surface area (Å²) in [6, 6.07) is 4.60. The van der Waals surface area contributed by atoms with Gasteiger partial charge in [0.25, 0.3) is 0 Å². The van der Waals surface area contributed by atoms with Gasteiger partial charge in [0.05, 0.1) is 11.6 Å². The molecule has 0 spiro atoms. The summed E-state index contributed by atoms with van der Waals surface area (Å²) < 4.78 is 20.4. The minimum Gasteiger partial charge on any atom is -0.488 e. The summed E-state index contributed by atoms with van der Waals surface area (Å²) in [6.45, 7) is 11.5. The van der Waals surface area contributed by atoms with Crippen LogP contribution in [0.4, 0.5) is 10.1 Å². The molecule has 0 aliphatic carbocycles. The zero-order chi connectivity index (χ0) is 24.0. The Morgan fingerprint density at radius 1 is 1.30 bits per heavy atom. The zero-order valence-electron chi connectivity index (χ0n) is 20.2. The molecular weight excluding hydrogens is 437 g/mol. The van der Waals surface area contributed by atoms with E-state index in [-0.39, 0.29) is 23.2 Å². The molecule has 0 bridgehead atoms. The smallest absolute Gasteiger partial charge is 0.146 e. The van der Waals surface area contributed by atoms with E-state index in [0.717, 1.165) is 44.7 Å². The molecule has 0 radical (unpaired) electrons. The first-order chi connectivity index (χ1) is 15.8. The molecule has 0 amide bonds. The van der Waals surface area contributed by atoms with Crippen molar-refractivity contribution in [3.8, 4) is 5.75 Å². The van der Waals surface area contributed by atoms with Crippen molar-refractivity contribution in [2.24, 2.45) is 33.7 Å². The highest BCUT2D eigenvalue weighted by molar-refractivity contribution is 7.81. The molecule has 1 saturated heterocycles. The standard InChI is InChI=1S/C25H38FN5OS/c1-5-18(17(4)13-27)14-31-10-8-20(9-11-31)32-22-12-19(26)6-7-21(22)30-24-23(16(2)3)25(33)29-15-28-24/h6-7,12-13,15-18,20,23,25,27,33H,5,8-11,14H2,1-4H3,(H,28,29,30). The molecule has 1 fully saturated rings. The van der Waals surface area contributed by atoms with E-state index in [1.54, 1.807) is 12.3 Å². The Morgan fingerprint density at radius 3 is 2.67 bits per heavy atom. The van der Waals surface area contributed by atoms with Crippen LogP contribution < -0.4 is 10.1 Å². The monoisotopic (exact) mass is 475 g/mol. The number of thiol groups is 1. The molecule has 0 saturated carbocycles. The molecule has 2 heterocycles. The fourth-order valence-electron chi connectivity index (χ4n) is 4.62. The lowest BCUT2D eigenvalue weighted by atomic mass is 9.91. The molecular formula is C25H38FN5OS. The first kappa shape index (κ1) is 25.7. The van der Waals surface area contributed by atoms with Gasteiger partial charge in [0, 0.05) is 25.7 Å². The summed E-state index contributed by atoms with van der Waals surface area (Å²) >= 11 is 4.60. The highest BCUT2D eigenvalue weighted by atomic mass is 32.1. The lowest BCUT2D eigenvalue weighted by Gasteiger charge is -2.35. The normalized spacial score (nSPS) is 23.8. The number of rotatable bonds is 9. The second-order valence-electron chi connectivity index (χ2n) is 9.54. The summed E-state index contributed by atoms with van der Waals surface area (Å²) in [4.78, 5) is 11.2. The maximum absolute atomic E-state index is 14.1. The largest absolute Gasteiger partial charge is 0.488 e. The zero-order valence-corrected chi connectivity index (χ0v) is 21.1. The average molecular weight is 476 g/mol. The van der Waals surface area contributed by atoms with Gasteiger partial charge in [-0.1, -0.05) is 34.1 Å². The fraction of sp³-hybridized carbons (Fsp3) is 0.640. The van der Waals surface area contributed by atoms with Crippen molar-refractivity contribution < 1.29 is 9.13 Å². The first-order valence-corrected chi connectivity index (χ1v) is 12.6. The van der Waals surface area contributed by atoms with E-state index in [1.807, 2.05) is 0 Å². The number of amidine groups is 1. The number of aliphatic imine (C=N–C) groups is 2. The Morgan fingerprint density at radius 2 is 2.03 bits per heavy atom. The number of likely N-dealkylation sites (tertiary alicyclic amines) is 1. The molecule has 2 N–H and O–H groups in total. The van der Waals surface area contributed by atoms with E-state index in [9.17, 15) is 4.39 Å². The number of ether oxygens (including phenoxy) is 1. The van der Waals surface area contributed by atoms with Crippen LogP contribution in [0.3, 0.4) is 0 Å². The quantitative estimate of drug-likeness (QED) is 0.332. The lowest BCUT2D eigenvalue weighted by Crippen LogP contribution is -2.41. The van der Waals surface area contributed by atoms with Crippen molar-refractivity contribution in [3.63, 3.8) is 0 Å². The minimum atomic E-state index is -0.320. The Bertz CT molecular complexity index is 853. The number of nitrogens with zero attached hydrogens (tertiary/aromatic N) is 3. The van der Waals surface area contributed by atoms with Gasteiger partial charge in [0.15, 0.2) is 0 Å². The Hall–Kier alpha value is -1.93. The molecule has 0 aromatic heterocycles. The van der Waals surface area contributed by atoms with Crippen molar-refractivity contribution in [2.45, 2.75) is 58.4 Å². The van der Waals surface area contributed by atoms with Crippen LogP contribution in [0.1, 0.15) is 47.0 Å². The Labute approximate surface area is 203 Å². The summed E-state index contributed by atoms with van der Waals surface area (Å²) in [6.07, 6.45) is 5.99. The van der Waals surface area contributed by atoms with Gasteiger partial charge in [-0.2, -0.15) is 12.6 Å². The molecule has 2 aliphatic rings. The SMILES string of the molecule is CCC(CN1CCC(Oc2cc(F)ccc2NC2=NC=NC(S)C2C(C)C)CC1)C(C)C=N. The molecule has 3 rings (SSSR count). The maximum Gasteiger partial charge on any atom is 0.146 e. The maximum atomic E-state index is 14.1. The van der Waals surface area contributed by atoms with E-state index in [0.29, 0.717) is 29.2 Å². The number of benzene rings is 1. The Kier molecular flexibility index (Phi) is 9.32. The highest BCUT2D eigenvalue weighted by Crippen LogP contribution is 2.32. The van der Waals surface area contributed by atoms with Gasteiger partial charge in [-0.3, -0.25) is 4.99 Å².